The summed E-state index contributed by atoms with van der Waals surface area (Å²) in [5.74, 6) is 5.65. The zero-order valence-corrected chi connectivity index (χ0v) is 59.5. The van der Waals surface area contributed by atoms with Gasteiger partial charge in [-0.15, -0.1) is 0 Å². The second-order valence-electron chi connectivity index (χ2n) is 19.4. The molecule has 80 heavy (non-hydrogen) atoms. The summed E-state index contributed by atoms with van der Waals surface area (Å²) in [6.45, 7) is 11.8. The first-order valence-corrected chi connectivity index (χ1v) is 34.4. The van der Waals surface area contributed by atoms with Crippen LogP contribution in [0.25, 0.3) is 0 Å². The van der Waals surface area contributed by atoms with Crippen LogP contribution in [0.5, 0.6) is 34.5 Å². The first-order valence-electron chi connectivity index (χ1n) is 27.9. The van der Waals surface area contributed by atoms with Gasteiger partial charge in [-0.1, -0.05) is 162 Å². The van der Waals surface area contributed by atoms with Gasteiger partial charge in [-0.2, -0.15) is 0 Å². The zero-order chi connectivity index (χ0) is 56.7. The second-order valence-corrected chi connectivity index (χ2v) is 25.5. The lowest BCUT2D eigenvalue weighted by atomic mass is 10.0. The molecule has 5 heterocycles. The Morgan fingerprint density at radius 1 is 0.412 bits per heavy atom. The van der Waals surface area contributed by atoms with Crippen molar-refractivity contribution in [1.82, 2.24) is 13.7 Å². The molecular weight excluding hydrogens is 1700 g/mol. The van der Waals surface area contributed by atoms with Crippen molar-refractivity contribution in [3.05, 3.63) is 130 Å². The van der Waals surface area contributed by atoms with E-state index >= 15 is 0 Å². The lowest BCUT2D eigenvalue weighted by Crippen LogP contribution is -2.18. The molecule has 13 nitrogen and oxygen atoms in total. The minimum atomic E-state index is 0.436. The summed E-state index contributed by atoms with van der Waals surface area (Å²) < 4.78 is 70.5. The van der Waals surface area contributed by atoms with Crippen molar-refractivity contribution < 1.29 is 47.4 Å². The second kappa shape index (κ2) is 39.3. The first kappa shape index (κ1) is 67.6. The Bertz CT molecular complexity index is 2550. The van der Waals surface area contributed by atoms with Crippen molar-refractivity contribution in [2.75, 3.05) is 93.5 Å². The monoisotopic (exact) mass is 1780 g/mol. The van der Waals surface area contributed by atoms with Gasteiger partial charge < -0.3 is 61.1 Å². The molecule has 19 heteroatoms. The first-order chi connectivity index (χ1) is 39.2. The fourth-order valence-electron chi connectivity index (χ4n) is 8.86. The highest BCUT2D eigenvalue weighted by Crippen LogP contribution is 2.44. The standard InChI is InChI=1S/C26H37I2NO2.C21H29I2NO6.C14H13I2NO2/c1-2-3-4-5-6-7-8-9-10-12-17-22-19-30-23-24(31-20-22)26(28)29(25(23)27)18-21-15-13-11-14-16-21;1-25-8-10-27-12-14-29-18-19(30-15-13-28-11-9-26-2)21(23)24(20(18)22)16-17-6-4-3-5-7-17;15-13-11-12(19-8-4-7-18-11)14(16)17(13)9-10-5-2-1-3-6-10/h11,13-16,22H,2-10,12,17-20H2,1H3;3-7H,8-16H2,1-2H3;1-3,5-6H,4,7-9H2. The number of fused-ring (bicyclic) bond motifs is 2. The predicted molar refractivity (Wildman–Crippen MR) is 369 cm³/mol. The van der Waals surface area contributed by atoms with Crippen molar-refractivity contribution >= 4 is 136 Å². The number of nitrogens with zero attached hydrogens (tertiary/aromatic N) is 3. The van der Waals surface area contributed by atoms with Gasteiger partial charge in [0.05, 0.1) is 66.1 Å². The fourth-order valence-corrected chi connectivity index (χ4v) is 15.1. The Kier molecular flexibility index (Phi) is 33.2. The van der Waals surface area contributed by atoms with Crippen molar-refractivity contribution in [3.8, 4) is 34.5 Å². The number of rotatable bonds is 31. The van der Waals surface area contributed by atoms with Crippen LogP contribution >= 0.6 is 136 Å². The van der Waals surface area contributed by atoms with Gasteiger partial charge in [0, 0.05) is 46.2 Å². The van der Waals surface area contributed by atoms with Crippen molar-refractivity contribution in [3.63, 3.8) is 0 Å². The number of aromatic nitrogens is 3. The molecule has 0 aliphatic carbocycles. The van der Waals surface area contributed by atoms with Gasteiger partial charge in [-0.25, -0.2) is 0 Å². The van der Waals surface area contributed by atoms with Gasteiger partial charge in [-0.05, 0) is 159 Å². The Hall–Kier alpha value is -1.48. The van der Waals surface area contributed by atoms with Crippen molar-refractivity contribution in [2.24, 2.45) is 5.92 Å². The van der Waals surface area contributed by atoms with E-state index < -0.39 is 0 Å². The quantitative estimate of drug-likeness (QED) is 0.0308. The van der Waals surface area contributed by atoms with E-state index in [4.69, 9.17) is 47.4 Å². The molecule has 2 aliphatic heterocycles. The highest BCUT2D eigenvalue weighted by molar-refractivity contribution is 14.1. The normalized spacial score (nSPS) is 13.0. The summed E-state index contributed by atoms with van der Waals surface area (Å²) in [6.07, 6.45) is 16.0. The third kappa shape index (κ3) is 22.1. The molecule has 2 aliphatic rings. The molecule has 0 saturated heterocycles. The molecule has 0 fully saturated rings. The average molecular weight is 1780 g/mol. The highest BCUT2D eigenvalue weighted by Gasteiger charge is 2.29. The number of halogens is 6. The minimum absolute atomic E-state index is 0.436. The molecule has 6 aromatic rings. The van der Waals surface area contributed by atoms with Crippen LogP contribution in [0.2, 0.25) is 0 Å². The smallest absolute Gasteiger partial charge is 0.194 e. The van der Waals surface area contributed by atoms with Gasteiger partial charge in [0.1, 0.15) is 35.4 Å². The molecule has 0 atom stereocenters. The summed E-state index contributed by atoms with van der Waals surface area (Å²) in [7, 11) is 3.31. The molecule has 0 amide bonds. The van der Waals surface area contributed by atoms with Gasteiger partial charge in [0.2, 0.25) is 0 Å². The maximum absolute atomic E-state index is 6.28. The topological polar surface area (TPSA) is 107 Å². The molecule has 3 aromatic heterocycles. The van der Waals surface area contributed by atoms with E-state index in [1.807, 2.05) is 24.3 Å². The largest absolute Gasteiger partial charge is 0.487 e. The van der Waals surface area contributed by atoms with Gasteiger partial charge >= 0.3 is 0 Å². The van der Waals surface area contributed by atoms with Gasteiger partial charge in [-0.3, -0.25) is 0 Å². The van der Waals surface area contributed by atoms with Crippen LogP contribution in [0.3, 0.4) is 0 Å². The van der Waals surface area contributed by atoms with E-state index in [-0.39, 0.29) is 0 Å². The van der Waals surface area contributed by atoms with Crippen molar-refractivity contribution in [2.45, 2.75) is 104 Å². The maximum Gasteiger partial charge on any atom is 0.194 e. The molecule has 0 saturated carbocycles. The van der Waals surface area contributed by atoms with Crippen LogP contribution in [0, 0.1) is 28.1 Å². The van der Waals surface area contributed by atoms with Gasteiger partial charge in [0.15, 0.2) is 34.5 Å². The number of ether oxygens (including phenoxy) is 10. The molecule has 8 rings (SSSR count). The third-order valence-corrected chi connectivity index (χ3v) is 19.6. The van der Waals surface area contributed by atoms with Crippen LogP contribution in [0.15, 0.2) is 91.0 Å². The molecule has 0 unspecified atom stereocenters. The lowest BCUT2D eigenvalue weighted by Gasteiger charge is -2.14. The Labute approximate surface area is 557 Å². The van der Waals surface area contributed by atoms with E-state index in [9.17, 15) is 0 Å². The number of benzene rings is 3. The summed E-state index contributed by atoms with van der Waals surface area (Å²) >= 11 is 14.1. The van der Waals surface area contributed by atoms with Crippen molar-refractivity contribution in [1.29, 1.82) is 0 Å². The minimum Gasteiger partial charge on any atom is -0.487 e. The van der Waals surface area contributed by atoms with Crippen LogP contribution in [-0.2, 0) is 38.6 Å². The van der Waals surface area contributed by atoms with E-state index in [0.717, 1.165) is 109 Å². The van der Waals surface area contributed by atoms with E-state index in [1.165, 1.54) is 87.3 Å². The number of unbranched alkanes of at least 4 members (excludes halogenated alkanes) is 9. The van der Waals surface area contributed by atoms with E-state index in [0.29, 0.717) is 58.8 Å². The maximum atomic E-state index is 6.28. The molecule has 0 bridgehead atoms. The Balaban J connectivity index is 0.000000199. The summed E-state index contributed by atoms with van der Waals surface area (Å²) in [5.41, 5.74) is 3.79. The number of methoxy groups -OCH3 is 2. The molecule has 0 spiro atoms. The highest BCUT2D eigenvalue weighted by atomic mass is 127. The SMILES string of the molecule is CCCCCCCCCCCCC1COc2c(c(I)n(Cc3ccccc3)c2I)OC1.COCCOCCOc1c(OCCOCCOC)c(I)n(Cc2ccccc2)c1I.Ic1c2c(c(I)n1Cc1ccccc1)OCCCO2. The number of hydrogen-bond donors (Lipinski definition) is 0. The third-order valence-electron chi connectivity index (χ3n) is 13.2. The van der Waals surface area contributed by atoms with Crippen LogP contribution in [-0.4, -0.2) is 107 Å². The Morgan fingerprint density at radius 3 is 1.12 bits per heavy atom. The summed E-state index contributed by atoms with van der Waals surface area (Å²) in [5, 5.41) is 0. The molecule has 0 radical (unpaired) electrons. The molecule has 440 valence electrons. The molecular formula is C61H79I6N3O10. The van der Waals surface area contributed by atoms with E-state index in [2.05, 4.69) is 223 Å². The predicted octanol–water partition coefficient (Wildman–Crippen LogP) is 16.2. The fraction of sp³-hybridized carbons (Fsp3) is 0.508. The number of hydrogen-bond acceptors (Lipinski definition) is 10. The Morgan fingerprint density at radius 2 is 0.750 bits per heavy atom. The zero-order valence-electron chi connectivity index (χ0n) is 46.5. The van der Waals surface area contributed by atoms with Crippen LogP contribution in [0.4, 0.5) is 0 Å². The van der Waals surface area contributed by atoms with E-state index in [1.54, 1.807) is 14.2 Å². The lowest BCUT2D eigenvalue weighted by molar-refractivity contribution is 0.0498. The van der Waals surface area contributed by atoms with Gasteiger partial charge in [0.25, 0.3) is 0 Å². The molecule has 3 aromatic carbocycles. The average Bonchev–Trinajstić information content (AvgIpc) is 3.78. The molecule has 0 N–H and O–H groups in total. The summed E-state index contributed by atoms with van der Waals surface area (Å²) in [4.78, 5) is 0. The van der Waals surface area contributed by atoms with Crippen LogP contribution in [0.1, 0.15) is 101 Å². The van der Waals surface area contributed by atoms with Crippen LogP contribution < -0.4 is 28.4 Å². The summed E-state index contributed by atoms with van der Waals surface area (Å²) in [6, 6.07) is 31.4.